The van der Waals surface area contributed by atoms with E-state index in [2.05, 4.69) is 13.8 Å². The largest absolute Gasteiger partial charge is 0.340 e. The first kappa shape index (κ1) is 12.0. The van der Waals surface area contributed by atoms with Crippen molar-refractivity contribution >= 4 is 17.7 Å². The molecule has 0 bridgehead atoms. The summed E-state index contributed by atoms with van der Waals surface area (Å²) in [7, 11) is 0. The lowest BCUT2D eigenvalue weighted by molar-refractivity contribution is -0.134. The molecule has 90 valence electrons. The molecule has 0 saturated carbocycles. The Hall–Kier alpha value is -0.480. The van der Waals surface area contributed by atoms with Crippen molar-refractivity contribution in [2.75, 3.05) is 13.1 Å². The summed E-state index contributed by atoms with van der Waals surface area (Å²) in [5.41, 5.74) is 5.79. The second kappa shape index (κ2) is 4.80. The molecule has 0 aromatic heterocycles. The molecule has 4 atom stereocenters. The number of carbonyl (C=O) groups excluding carboxylic acids is 1. The number of nitrogens with two attached hydrogens (primary N) is 1. The predicted octanol–water partition coefficient (Wildman–Crippen LogP) is 1.24. The summed E-state index contributed by atoms with van der Waals surface area (Å²) in [6, 6.07) is 0.0722. The molecule has 1 saturated heterocycles. The van der Waals surface area contributed by atoms with Crippen molar-refractivity contribution in [3.05, 3.63) is 12.2 Å². The van der Waals surface area contributed by atoms with Gasteiger partial charge in [0, 0.05) is 29.6 Å². The van der Waals surface area contributed by atoms with E-state index in [9.17, 15) is 4.79 Å². The van der Waals surface area contributed by atoms with Crippen LogP contribution < -0.4 is 5.73 Å². The molecule has 1 fully saturated rings. The molecular weight excluding hydrogens is 220 g/mol. The first-order chi connectivity index (χ1) is 7.56. The van der Waals surface area contributed by atoms with E-state index >= 15 is 0 Å². The van der Waals surface area contributed by atoms with Gasteiger partial charge >= 0.3 is 0 Å². The highest BCUT2D eigenvalue weighted by atomic mass is 32.2. The Morgan fingerprint density at radius 1 is 1.31 bits per heavy atom. The summed E-state index contributed by atoms with van der Waals surface area (Å²) in [4.78, 5) is 14.3. The normalized spacial score (nSPS) is 39.1. The van der Waals surface area contributed by atoms with E-state index in [1.807, 2.05) is 28.8 Å². The lowest BCUT2D eigenvalue weighted by Gasteiger charge is -2.35. The van der Waals surface area contributed by atoms with E-state index in [1.54, 1.807) is 0 Å². The third-order valence-corrected chi connectivity index (χ3v) is 4.39. The van der Waals surface area contributed by atoms with Gasteiger partial charge in [0.2, 0.25) is 5.91 Å². The topological polar surface area (TPSA) is 46.3 Å². The Balaban J connectivity index is 1.96. The first-order valence-electron chi connectivity index (χ1n) is 5.94. The van der Waals surface area contributed by atoms with Gasteiger partial charge in [-0.3, -0.25) is 4.79 Å². The standard InChI is InChI=1S/C12H20N2OS/c1-8-6-14(7-9(2)16-8)12(15)10-3-4-11(13)5-10/h3-4,8-11H,5-7,13H2,1-2H3. The van der Waals surface area contributed by atoms with Crippen molar-refractivity contribution < 1.29 is 4.79 Å². The smallest absolute Gasteiger partial charge is 0.229 e. The molecule has 0 aromatic carbocycles. The van der Waals surface area contributed by atoms with Crippen molar-refractivity contribution in [1.29, 1.82) is 0 Å². The number of nitrogens with zero attached hydrogens (tertiary/aromatic N) is 1. The fraction of sp³-hybridized carbons (Fsp3) is 0.750. The SMILES string of the molecule is CC1CN(C(=O)C2C=CC(N)C2)CC(C)S1. The van der Waals surface area contributed by atoms with Crippen LogP contribution in [0.15, 0.2) is 12.2 Å². The summed E-state index contributed by atoms with van der Waals surface area (Å²) < 4.78 is 0. The summed E-state index contributed by atoms with van der Waals surface area (Å²) in [5.74, 6) is 0.292. The van der Waals surface area contributed by atoms with Gasteiger partial charge in [0.15, 0.2) is 0 Å². The zero-order valence-corrected chi connectivity index (χ0v) is 10.7. The van der Waals surface area contributed by atoms with Crippen molar-refractivity contribution in [2.45, 2.75) is 36.8 Å². The van der Waals surface area contributed by atoms with E-state index in [0.29, 0.717) is 10.5 Å². The van der Waals surface area contributed by atoms with Crippen molar-refractivity contribution in [2.24, 2.45) is 11.7 Å². The minimum Gasteiger partial charge on any atom is -0.340 e. The number of rotatable bonds is 1. The summed E-state index contributed by atoms with van der Waals surface area (Å²) in [6.45, 7) is 6.15. The van der Waals surface area contributed by atoms with Crippen LogP contribution in [0, 0.1) is 5.92 Å². The van der Waals surface area contributed by atoms with Crippen LogP contribution in [-0.4, -0.2) is 40.4 Å². The van der Waals surface area contributed by atoms with E-state index in [0.717, 1.165) is 19.5 Å². The number of hydrogen-bond donors (Lipinski definition) is 1. The third-order valence-electron chi connectivity index (χ3n) is 3.17. The fourth-order valence-electron chi connectivity index (χ4n) is 2.50. The van der Waals surface area contributed by atoms with Gasteiger partial charge in [-0.15, -0.1) is 0 Å². The van der Waals surface area contributed by atoms with Crippen LogP contribution in [0.3, 0.4) is 0 Å². The lowest BCUT2D eigenvalue weighted by Crippen LogP contribution is -2.46. The highest BCUT2D eigenvalue weighted by Gasteiger charge is 2.31. The maximum Gasteiger partial charge on any atom is 0.229 e. The van der Waals surface area contributed by atoms with E-state index in [-0.39, 0.29) is 17.9 Å². The van der Waals surface area contributed by atoms with Crippen LogP contribution in [0.1, 0.15) is 20.3 Å². The average Bonchev–Trinajstić information content (AvgIpc) is 2.62. The minimum atomic E-state index is 0.0255. The zero-order valence-electron chi connectivity index (χ0n) is 9.93. The third kappa shape index (κ3) is 2.61. The molecule has 2 rings (SSSR count). The van der Waals surface area contributed by atoms with Gasteiger partial charge in [0.25, 0.3) is 0 Å². The van der Waals surface area contributed by atoms with Crippen molar-refractivity contribution in [1.82, 2.24) is 4.90 Å². The van der Waals surface area contributed by atoms with Crippen LogP contribution >= 0.6 is 11.8 Å². The monoisotopic (exact) mass is 240 g/mol. The molecule has 0 aromatic rings. The van der Waals surface area contributed by atoms with Crippen LogP contribution in [0.2, 0.25) is 0 Å². The molecule has 0 radical (unpaired) electrons. The molecule has 1 aliphatic carbocycles. The maximum absolute atomic E-state index is 12.2. The number of thioether (sulfide) groups is 1. The van der Waals surface area contributed by atoms with Crippen LogP contribution in [0.25, 0.3) is 0 Å². The van der Waals surface area contributed by atoms with Crippen LogP contribution in [-0.2, 0) is 4.79 Å². The molecule has 16 heavy (non-hydrogen) atoms. The Bertz CT molecular complexity index is 295. The quantitative estimate of drug-likeness (QED) is 0.702. The van der Waals surface area contributed by atoms with Gasteiger partial charge in [-0.05, 0) is 6.42 Å². The molecule has 3 nitrogen and oxygen atoms in total. The molecule has 1 aliphatic heterocycles. The average molecular weight is 240 g/mol. The molecular formula is C12H20N2OS. The lowest BCUT2D eigenvalue weighted by atomic mass is 10.1. The van der Waals surface area contributed by atoms with Crippen LogP contribution in [0.4, 0.5) is 0 Å². The van der Waals surface area contributed by atoms with Crippen molar-refractivity contribution in [3.63, 3.8) is 0 Å². The van der Waals surface area contributed by atoms with E-state index in [1.165, 1.54) is 0 Å². The Morgan fingerprint density at radius 3 is 2.44 bits per heavy atom. The first-order valence-corrected chi connectivity index (χ1v) is 6.88. The van der Waals surface area contributed by atoms with Crippen molar-refractivity contribution in [3.8, 4) is 0 Å². The second-order valence-corrected chi connectivity index (χ2v) is 6.77. The summed E-state index contributed by atoms with van der Waals surface area (Å²) in [5, 5.41) is 1.10. The number of carbonyl (C=O) groups is 1. The highest BCUT2D eigenvalue weighted by molar-refractivity contribution is 8.00. The number of hydrogen-bond acceptors (Lipinski definition) is 3. The molecule has 1 heterocycles. The van der Waals surface area contributed by atoms with Gasteiger partial charge in [-0.25, -0.2) is 0 Å². The predicted molar refractivity (Wildman–Crippen MR) is 68.3 cm³/mol. The molecule has 4 unspecified atom stereocenters. The van der Waals surface area contributed by atoms with Gasteiger partial charge in [-0.2, -0.15) is 11.8 Å². The highest BCUT2D eigenvalue weighted by Crippen LogP contribution is 2.27. The van der Waals surface area contributed by atoms with E-state index in [4.69, 9.17) is 5.73 Å². The van der Waals surface area contributed by atoms with Gasteiger partial charge in [-0.1, -0.05) is 26.0 Å². The Morgan fingerprint density at radius 2 is 1.94 bits per heavy atom. The van der Waals surface area contributed by atoms with Crippen LogP contribution in [0.5, 0.6) is 0 Å². The van der Waals surface area contributed by atoms with Gasteiger partial charge < -0.3 is 10.6 Å². The van der Waals surface area contributed by atoms with Gasteiger partial charge in [0.05, 0.1) is 5.92 Å². The maximum atomic E-state index is 12.2. The summed E-state index contributed by atoms with van der Waals surface area (Å²) >= 11 is 1.97. The van der Waals surface area contributed by atoms with Gasteiger partial charge in [0.1, 0.15) is 0 Å². The summed E-state index contributed by atoms with van der Waals surface area (Å²) in [6.07, 6.45) is 4.71. The zero-order chi connectivity index (χ0) is 11.7. The fourth-order valence-corrected chi connectivity index (χ4v) is 3.83. The Labute approximate surface area is 101 Å². The molecule has 1 amide bonds. The molecule has 0 spiro atoms. The minimum absolute atomic E-state index is 0.0255. The Kier molecular flexibility index (Phi) is 3.60. The molecule has 2 aliphatic rings. The molecule has 4 heteroatoms. The second-order valence-electron chi connectivity index (χ2n) is 4.89. The number of amides is 1. The van der Waals surface area contributed by atoms with E-state index < -0.39 is 0 Å². The molecule has 2 N–H and O–H groups in total.